The van der Waals surface area contributed by atoms with Crippen molar-refractivity contribution in [1.82, 2.24) is 5.32 Å². The quantitative estimate of drug-likeness (QED) is 0.523. The third-order valence-corrected chi connectivity index (χ3v) is 1.33. The first-order chi connectivity index (χ1) is 6.56. The maximum Gasteiger partial charge on any atom is 0.404 e. The van der Waals surface area contributed by atoms with Gasteiger partial charge < -0.3 is 15.2 Å². The van der Waals surface area contributed by atoms with Crippen LogP contribution in [0.4, 0.5) is 4.79 Å². The Morgan fingerprint density at radius 2 is 1.93 bits per heavy atom. The molecule has 6 nitrogen and oxygen atoms in total. The van der Waals surface area contributed by atoms with Crippen molar-refractivity contribution in [3.05, 3.63) is 0 Å². The lowest BCUT2D eigenvalue weighted by Crippen LogP contribution is -2.24. The zero-order valence-electron chi connectivity index (χ0n) is 8.32. The van der Waals surface area contributed by atoms with Crippen molar-refractivity contribution in [3.8, 4) is 0 Å². The summed E-state index contributed by atoms with van der Waals surface area (Å²) >= 11 is 0. The molecule has 0 aromatic carbocycles. The van der Waals surface area contributed by atoms with Gasteiger partial charge in [0.2, 0.25) is 0 Å². The summed E-state index contributed by atoms with van der Waals surface area (Å²) in [4.78, 5) is 31.7. The minimum absolute atomic E-state index is 0. The van der Waals surface area contributed by atoms with Gasteiger partial charge in [0.25, 0.3) is 0 Å². The maximum absolute atomic E-state index is 11.0. The van der Waals surface area contributed by atoms with E-state index < -0.39 is 12.1 Å². The van der Waals surface area contributed by atoms with E-state index in [9.17, 15) is 14.4 Å². The lowest BCUT2D eigenvalue weighted by atomic mass is 10.2. The molecule has 0 unspecified atom stereocenters. The summed E-state index contributed by atoms with van der Waals surface area (Å²) in [5, 5.41) is 10.2. The van der Waals surface area contributed by atoms with Gasteiger partial charge in [-0.25, -0.2) is 4.79 Å². The number of nitrogens with one attached hydrogen (secondary N) is 1. The van der Waals surface area contributed by atoms with E-state index in [1.165, 1.54) is 0 Å². The van der Waals surface area contributed by atoms with Crippen molar-refractivity contribution in [3.63, 3.8) is 0 Å². The summed E-state index contributed by atoms with van der Waals surface area (Å²) in [5.74, 6) is -0.912. The van der Waals surface area contributed by atoms with Crippen molar-refractivity contribution in [1.29, 1.82) is 0 Å². The van der Waals surface area contributed by atoms with E-state index >= 15 is 0 Å². The highest BCUT2D eigenvalue weighted by molar-refractivity contribution is 5.95. The number of ether oxygens (including phenoxy) is 1. The molecular weight excluding hydrogens is 226 g/mol. The molecule has 7 heteroatoms. The standard InChI is InChI=1S/C8H13NO5.ClH/c1-2-14-7(11)5-6(10)3-4-9-8(12)13;/h9H,2-5H2,1H3,(H,12,13);1H. The third-order valence-electron chi connectivity index (χ3n) is 1.33. The van der Waals surface area contributed by atoms with Crippen LogP contribution >= 0.6 is 12.4 Å². The Morgan fingerprint density at radius 3 is 2.40 bits per heavy atom. The summed E-state index contributed by atoms with van der Waals surface area (Å²) in [6, 6.07) is 0. The van der Waals surface area contributed by atoms with Crippen molar-refractivity contribution >= 4 is 30.3 Å². The molecule has 1 amide bonds. The van der Waals surface area contributed by atoms with Gasteiger partial charge in [-0.2, -0.15) is 0 Å². The monoisotopic (exact) mass is 239 g/mol. The van der Waals surface area contributed by atoms with E-state index in [1.807, 2.05) is 5.32 Å². The number of amides is 1. The molecular formula is C8H14ClNO5. The zero-order valence-corrected chi connectivity index (χ0v) is 9.13. The molecule has 15 heavy (non-hydrogen) atoms. The summed E-state index contributed by atoms with van der Waals surface area (Å²) in [7, 11) is 0. The van der Waals surface area contributed by atoms with Crippen LogP contribution in [0.25, 0.3) is 0 Å². The van der Waals surface area contributed by atoms with Crippen molar-refractivity contribution in [2.75, 3.05) is 13.2 Å². The van der Waals surface area contributed by atoms with Crippen LogP contribution in [0.2, 0.25) is 0 Å². The van der Waals surface area contributed by atoms with Gasteiger partial charge in [-0.3, -0.25) is 9.59 Å². The number of esters is 1. The van der Waals surface area contributed by atoms with Gasteiger partial charge in [-0.05, 0) is 6.92 Å². The fraction of sp³-hybridized carbons (Fsp3) is 0.625. The second kappa shape index (κ2) is 9.26. The predicted octanol–water partition coefficient (Wildman–Crippen LogP) is 0.588. The average Bonchev–Trinajstić information content (AvgIpc) is 2.03. The molecule has 2 N–H and O–H groups in total. The molecule has 0 aliphatic carbocycles. The molecule has 0 aromatic rings. The second-order valence-corrected chi connectivity index (χ2v) is 2.50. The van der Waals surface area contributed by atoms with Crippen LogP contribution in [0.1, 0.15) is 19.8 Å². The number of halogens is 1. The highest BCUT2D eigenvalue weighted by Gasteiger charge is 2.09. The van der Waals surface area contributed by atoms with Crippen LogP contribution in [0.15, 0.2) is 0 Å². The van der Waals surface area contributed by atoms with Gasteiger partial charge in [-0.15, -0.1) is 12.4 Å². The number of carbonyl (C=O) groups is 3. The molecule has 0 radical (unpaired) electrons. The van der Waals surface area contributed by atoms with Crippen LogP contribution in [0.5, 0.6) is 0 Å². The van der Waals surface area contributed by atoms with Crippen molar-refractivity contribution < 1.29 is 24.2 Å². The van der Waals surface area contributed by atoms with Crippen LogP contribution in [0.3, 0.4) is 0 Å². The maximum atomic E-state index is 11.0. The molecule has 0 heterocycles. The second-order valence-electron chi connectivity index (χ2n) is 2.50. The predicted molar refractivity (Wildman–Crippen MR) is 54.1 cm³/mol. The van der Waals surface area contributed by atoms with Crippen LogP contribution in [-0.4, -0.2) is 36.1 Å². The Hall–Kier alpha value is -1.30. The van der Waals surface area contributed by atoms with Gasteiger partial charge in [0.15, 0.2) is 0 Å². The highest BCUT2D eigenvalue weighted by Crippen LogP contribution is 1.92. The van der Waals surface area contributed by atoms with Crippen molar-refractivity contribution in [2.24, 2.45) is 0 Å². The number of hydrogen-bond donors (Lipinski definition) is 2. The fourth-order valence-corrected chi connectivity index (χ4v) is 0.770. The lowest BCUT2D eigenvalue weighted by Gasteiger charge is -2.01. The minimum atomic E-state index is -1.19. The van der Waals surface area contributed by atoms with E-state index in [-0.39, 0.29) is 44.2 Å². The van der Waals surface area contributed by atoms with Gasteiger partial charge in [0.1, 0.15) is 12.2 Å². The molecule has 0 aliphatic rings. The third kappa shape index (κ3) is 10.6. The number of carboxylic acid groups (broad SMARTS) is 1. The summed E-state index contributed by atoms with van der Waals surface area (Å²) < 4.78 is 4.54. The first kappa shape index (κ1) is 16.1. The summed E-state index contributed by atoms with van der Waals surface area (Å²) in [6.45, 7) is 1.90. The normalized spacial score (nSPS) is 8.60. The molecule has 88 valence electrons. The Kier molecular flexibility index (Phi) is 9.97. The van der Waals surface area contributed by atoms with Crippen LogP contribution in [0, 0.1) is 0 Å². The van der Waals surface area contributed by atoms with Crippen LogP contribution in [-0.2, 0) is 14.3 Å². The fourth-order valence-electron chi connectivity index (χ4n) is 0.770. The van der Waals surface area contributed by atoms with Gasteiger partial charge in [-0.1, -0.05) is 0 Å². The largest absolute Gasteiger partial charge is 0.466 e. The van der Waals surface area contributed by atoms with E-state index in [4.69, 9.17) is 5.11 Å². The van der Waals surface area contributed by atoms with Crippen LogP contribution < -0.4 is 5.32 Å². The molecule has 0 aliphatic heterocycles. The topological polar surface area (TPSA) is 92.7 Å². The molecule has 0 rings (SSSR count). The van der Waals surface area contributed by atoms with Gasteiger partial charge in [0, 0.05) is 13.0 Å². The molecule has 0 spiro atoms. The molecule has 0 saturated carbocycles. The number of hydrogen-bond acceptors (Lipinski definition) is 4. The number of rotatable bonds is 6. The molecule has 0 fully saturated rings. The molecule has 0 bridgehead atoms. The number of ketones is 1. The Labute approximate surface area is 93.4 Å². The Bertz CT molecular complexity index is 231. The first-order valence-corrected chi connectivity index (χ1v) is 4.20. The number of Topliss-reactive ketones (excluding diaryl/α,β-unsaturated/α-hetero) is 1. The van der Waals surface area contributed by atoms with Crippen molar-refractivity contribution in [2.45, 2.75) is 19.8 Å². The lowest BCUT2D eigenvalue weighted by molar-refractivity contribution is -0.145. The number of carbonyl (C=O) groups excluding carboxylic acids is 2. The SMILES string of the molecule is CCOC(=O)CC(=O)CCNC(=O)O.Cl. The Morgan fingerprint density at radius 1 is 1.33 bits per heavy atom. The molecule has 0 atom stereocenters. The minimum Gasteiger partial charge on any atom is -0.466 e. The summed E-state index contributed by atoms with van der Waals surface area (Å²) in [5.41, 5.74) is 0. The first-order valence-electron chi connectivity index (χ1n) is 4.20. The smallest absolute Gasteiger partial charge is 0.404 e. The van der Waals surface area contributed by atoms with E-state index in [0.717, 1.165) is 0 Å². The zero-order chi connectivity index (χ0) is 11.0. The average molecular weight is 240 g/mol. The molecule has 0 saturated heterocycles. The van der Waals surface area contributed by atoms with E-state index in [0.29, 0.717) is 0 Å². The highest BCUT2D eigenvalue weighted by atomic mass is 35.5. The summed E-state index contributed by atoms with van der Waals surface area (Å²) in [6.07, 6.45) is -1.48. The molecule has 0 aromatic heterocycles. The van der Waals surface area contributed by atoms with Gasteiger partial charge in [0.05, 0.1) is 6.61 Å². The van der Waals surface area contributed by atoms with Gasteiger partial charge >= 0.3 is 12.1 Å². The Balaban J connectivity index is 0. The van der Waals surface area contributed by atoms with E-state index in [2.05, 4.69) is 4.74 Å². The van der Waals surface area contributed by atoms with E-state index in [1.54, 1.807) is 6.92 Å².